The first kappa shape index (κ1) is 22.6. The molecule has 28 heavy (non-hydrogen) atoms. The normalized spacial score (nSPS) is 21.5. The van der Waals surface area contributed by atoms with Crippen LogP contribution in [0.25, 0.3) is 0 Å². The third-order valence-electron chi connectivity index (χ3n) is 4.34. The third-order valence-corrected chi connectivity index (χ3v) is 6.12. The maximum atomic E-state index is 13.2. The maximum absolute atomic E-state index is 13.2. The first-order chi connectivity index (χ1) is 13.3. The minimum atomic E-state index is -3.38. The molecule has 0 aromatic heterocycles. The molecule has 0 radical (unpaired) electrons. The standard InChI is InChI=1S/C19H31FN4O3S/c1-4-21-19(22-9-8-17-6-5-7-18(20)12-17)23-10-11-28(25,26)24-13-15(2)27-16(3)14-24/h5-7,12,15-16H,4,8-11,13-14H2,1-3H3,(H2,21,22,23). The Morgan fingerprint density at radius 1 is 1.29 bits per heavy atom. The molecule has 1 saturated heterocycles. The molecule has 1 aromatic rings. The Morgan fingerprint density at radius 2 is 2.00 bits per heavy atom. The van der Waals surface area contributed by atoms with Crippen LogP contribution in [0.3, 0.4) is 0 Å². The van der Waals surface area contributed by atoms with Gasteiger partial charge in [-0.3, -0.25) is 4.99 Å². The van der Waals surface area contributed by atoms with Crippen LogP contribution >= 0.6 is 0 Å². The Bertz CT molecular complexity index is 747. The first-order valence-corrected chi connectivity index (χ1v) is 11.3. The molecule has 1 fully saturated rings. The van der Waals surface area contributed by atoms with E-state index >= 15 is 0 Å². The molecule has 1 aromatic carbocycles. The number of hydrogen-bond acceptors (Lipinski definition) is 4. The summed E-state index contributed by atoms with van der Waals surface area (Å²) in [6, 6.07) is 6.47. The van der Waals surface area contributed by atoms with Gasteiger partial charge in [-0.2, -0.15) is 4.31 Å². The number of nitrogens with one attached hydrogen (secondary N) is 2. The summed E-state index contributed by atoms with van der Waals surface area (Å²) in [4.78, 5) is 4.36. The van der Waals surface area contributed by atoms with E-state index in [0.717, 1.165) is 5.56 Å². The lowest BCUT2D eigenvalue weighted by Gasteiger charge is -2.34. The van der Waals surface area contributed by atoms with Gasteiger partial charge in [-0.25, -0.2) is 12.8 Å². The van der Waals surface area contributed by atoms with E-state index in [1.807, 2.05) is 26.8 Å². The first-order valence-electron chi connectivity index (χ1n) is 9.70. The number of morpholine rings is 1. The number of guanidine groups is 1. The number of halogens is 1. The Balaban J connectivity index is 1.85. The monoisotopic (exact) mass is 414 g/mol. The second kappa shape index (κ2) is 10.7. The molecule has 1 aliphatic rings. The van der Waals surface area contributed by atoms with Gasteiger partial charge in [-0.15, -0.1) is 0 Å². The summed E-state index contributed by atoms with van der Waals surface area (Å²) in [5, 5.41) is 6.25. The summed E-state index contributed by atoms with van der Waals surface area (Å²) < 4.78 is 45.5. The average molecular weight is 415 g/mol. The lowest BCUT2D eigenvalue weighted by Crippen LogP contribution is -2.49. The van der Waals surface area contributed by atoms with Crippen LogP contribution in [0.2, 0.25) is 0 Å². The summed E-state index contributed by atoms with van der Waals surface area (Å²) >= 11 is 0. The van der Waals surface area contributed by atoms with Crippen molar-refractivity contribution in [2.45, 2.75) is 39.4 Å². The Labute approximate surface area is 167 Å². The Hall–Kier alpha value is -1.71. The van der Waals surface area contributed by atoms with Crippen LogP contribution in [-0.4, -0.2) is 69.4 Å². The minimum absolute atomic E-state index is 0.0487. The van der Waals surface area contributed by atoms with E-state index in [-0.39, 0.29) is 30.3 Å². The van der Waals surface area contributed by atoms with E-state index in [9.17, 15) is 12.8 Å². The van der Waals surface area contributed by atoms with Gasteiger partial charge < -0.3 is 15.4 Å². The van der Waals surface area contributed by atoms with Crippen molar-refractivity contribution < 1.29 is 17.5 Å². The number of benzene rings is 1. The molecule has 2 atom stereocenters. The summed E-state index contributed by atoms with van der Waals surface area (Å²) in [6.07, 6.45) is 0.428. The highest BCUT2D eigenvalue weighted by molar-refractivity contribution is 7.89. The number of nitrogens with zero attached hydrogens (tertiary/aromatic N) is 2. The van der Waals surface area contributed by atoms with Crippen molar-refractivity contribution in [3.8, 4) is 0 Å². The zero-order valence-corrected chi connectivity index (χ0v) is 17.6. The quantitative estimate of drug-likeness (QED) is 0.496. The van der Waals surface area contributed by atoms with Crippen molar-refractivity contribution in [1.82, 2.24) is 14.9 Å². The number of hydrogen-bond donors (Lipinski definition) is 2. The molecule has 0 saturated carbocycles. The predicted octanol–water partition coefficient (Wildman–Crippen LogP) is 1.36. The molecule has 1 heterocycles. The lowest BCUT2D eigenvalue weighted by atomic mass is 10.1. The SMILES string of the molecule is CCNC(=NCCS(=O)(=O)N1CC(C)OC(C)C1)NCCc1cccc(F)c1. The summed E-state index contributed by atoms with van der Waals surface area (Å²) in [5.41, 5.74) is 0.890. The highest BCUT2D eigenvalue weighted by Gasteiger charge is 2.30. The molecular weight excluding hydrogens is 383 g/mol. The summed E-state index contributed by atoms with van der Waals surface area (Å²) in [7, 11) is -3.38. The van der Waals surface area contributed by atoms with Gasteiger partial charge in [0, 0.05) is 26.2 Å². The van der Waals surface area contributed by atoms with Gasteiger partial charge >= 0.3 is 0 Å². The van der Waals surface area contributed by atoms with Crippen LogP contribution in [-0.2, 0) is 21.2 Å². The minimum Gasteiger partial charge on any atom is -0.373 e. The fourth-order valence-electron chi connectivity index (χ4n) is 3.12. The molecule has 0 amide bonds. The van der Waals surface area contributed by atoms with Gasteiger partial charge in [-0.1, -0.05) is 12.1 Å². The fourth-order valence-corrected chi connectivity index (χ4v) is 4.57. The van der Waals surface area contributed by atoms with Crippen LogP contribution < -0.4 is 10.6 Å². The number of ether oxygens (including phenoxy) is 1. The van der Waals surface area contributed by atoms with E-state index in [1.165, 1.54) is 16.4 Å². The van der Waals surface area contributed by atoms with E-state index in [2.05, 4.69) is 15.6 Å². The highest BCUT2D eigenvalue weighted by atomic mass is 32.2. The van der Waals surface area contributed by atoms with Gasteiger partial charge in [0.25, 0.3) is 0 Å². The molecule has 2 N–H and O–H groups in total. The second-order valence-electron chi connectivity index (χ2n) is 6.96. The van der Waals surface area contributed by atoms with Crippen molar-refractivity contribution in [2.24, 2.45) is 4.99 Å². The van der Waals surface area contributed by atoms with Gasteiger partial charge in [0.15, 0.2) is 5.96 Å². The highest BCUT2D eigenvalue weighted by Crippen LogP contribution is 2.14. The van der Waals surface area contributed by atoms with Crippen LogP contribution in [0.1, 0.15) is 26.3 Å². The number of aliphatic imine (C=N–C) groups is 1. The zero-order valence-electron chi connectivity index (χ0n) is 16.8. The molecule has 0 bridgehead atoms. The predicted molar refractivity (Wildman–Crippen MR) is 109 cm³/mol. The molecule has 2 rings (SSSR count). The largest absolute Gasteiger partial charge is 0.373 e. The van der Waals surface area contributed by atoms with Gasteiger partial charge in [0.05, 0.1) is 24.5 Å². The summed E-state index contributed by atoms with van der Waals surface area (Å²) in [5.74, 6) is 0.250. The van der Waals surface area contributed by atoms with Crippen molar-refractivity contribution in [2.75, 3.05) is 38.5 Å². The number of rotatable bonds is 8. The van der Waals surface area contributed by atoms with Crippen LogP contribution in [0.4, 0.5) is 4.39 Å². The van der Waals surface area contributed by atoms with Crippen molar-refractivity contribution >= 4 is 16.0 Å². The van der Waals surface area contributed by atoms with E-state index in [4.69, 9.17) is 4.74 Å². The average Bonchev–Trinajstić information content (AvgIpc) is 2.61. The van der Waals surface area contributed by atoms with Crippen LogP contribution in [0.15, 0.2) is 29.3 Å². The Kier molecular flexibility index (Phi) is 8.65. The lowest BCUT2D eigenvalue weighted by molar-refractivity contribution is -0.0440. The van der Waals surface area contributed by atoms with Crippen molar-refractivity contribution in [3.63, 3.8) is 0 Å². The van der Waals surface area contributed by atoms with E-state index in [0.29, 0.717) is 38.6 Å². The molecule has 2 unspecified atom stereocenters. The van der Waals surface area contributed by atoms with Gasteiger partial charge in [-0.05, 0) is 44.9 Å². The maximum Gasteiger partial charge on any atom is 0.216 e. The molecular formula is C19H31FN4O3S. The van der Waals surface area contributed by atoms with Gasteiger partial charge in [0.1, 0.15) is 5.82 Å². The second-order valence-corrected chi connectivity index (χ2v) is 9.05. The molecule has 1 aliphatic heterocycles. The topological polar surface area (TPSA) is 83.0 Å². The molecule has 9 heteroatoms. The van der Waals surface area contributed by atoms with Crippen LogP contribution in [0.5, 0.6) is 0 Å². The van der Waals surface area contributed by atoms with Crippen molar-refractivity contribution in [1.29, 1.82) is 0 Å². The molecule has 0 spiro atoms. The fraction of sp³-hybridized carbons (Fsp3) is 0.632. The van der Waals surface area contributed by atoms with Crippen molar-refractivity contribution in [3.05, 3.63) is 35.6 Å². The van der Waals surface area contributed by atoms with E-state index in [1.54, 1.807) is 6.07 Å². The zero-order chi connectivity index (χ0) is 20.6. The third kappa shape index (κ3) is 7.37. The summed E-state index contributed by atoms with van der Waals surface area (Å²) in [6.45, 7) is 7.85. The molecule has 0 aliphatic carbocycles. The molecule has 158 valence electrons. The number of sulfonamides is 1. The smallest absolute Gasteiger partial charge is 0.216 e. The van der Waals surface area contributed by atoms with E-state index < -0.39 is 10.0 Å². The Morgan fingerprint density at radius 3 is 2.64 bits per heavy atom. The van der Waals surface area contributed by atoms with Gasteiger partial charge in [0.2, 0.25) is 10.0 Å². The molecule has 7 nitrogen and oxygen atoms in total. The van der Waals surface area contributed by atoms with Crippen LogP contribution in [0, 0.1) is 5.82 Å².